The topological polar surface area (TPSA) is 41.6 Å². The predicted octanol–water partition coefficient (Wildman–Crippen LogP) is 4.89. The van der Waals surface area contributed by atoms with Gasteiger partial charge in [-0.05, 0) is 23.6 Å². The number of nitrogens with zero attached hydrogens (tertiary/aromatic N) is 1. The fourth-order valence-corrected chi connectivity index (χ4v) is 4.07. The van der Waals surface area contributed by atoms with E-state index >= 15 is 0 Å². The zero-order valence-corrected chi connectivity index (χ0v) is 17.3. The molecule has 0 saturated carbocycles. The number of carbonyl (C=O) groups is 1. The molecule has 1 heterocycles. The number of nitrogens with one attached hydrogen (secondary N) is 1. The summed E-state index contributed by atoms with van der Waals surface area (Å²) < 4.78 is 5.48. The van der Waals surface area contributed by atoms with Crippen LogP contribution in [-0.4, -0.2) is 30.1 Å². The summed E-state index contributed by atoms with van der Waals surface area (Å²) >= 11 is 0. The summed E-state index contributed by atoms with van der Waals surface area (Å²) in [6.07, 6.45) is -0.359. The van der Waals surface area contributed by atoms with E-state index in [2.05, 4.69) is 65.7 Å². The van der Waals surface area contributed by atoms with Crippen molar-refractivity contribution in [2.24, 2.45) is 0 Å². The van der Waals surface area contributed by atoms with Crippen molar-refractivity contribution in [2.75, 3.05) is 13.1 Å². The molecule has 30 heavy (non-hydrogen) atoms. The van der Waals surface area contributed by atoms with Crippen molar-refractivity contribution in [3.8, 4) is 0 Å². The Kier molecular flexibility index (Phi) is 6.45. The van der Waals surface area contributed by atoms with Gasteiger partial charge in [-0.25, -0.2) is 4.79 Å². The van der Waals surface area contributed by atoms with Gasteiger partial charge in [0.05, 0.1) is 6.04 Å². The number of aryl methyl sites for hydroxylation is 1. The number of hydrogen-bond donors (Lipinski definition) is 1. The zero-order chi connectivity index (χ0) is 20.8. The Morgan fingerprint density at radius 2 is 1.53 bits per heavy atom. The fourth-order valence-electron chi connectivity index (χ4n) is 4.07. The second kappa shape index (κ2) is 9.59. The van der Waals surface area contributed by atoms with Gasteiger partial charge < -0.3 is 10.1 Å². The molecule has 3 aromatic rings. The van der Waals surface area contributed by atoms with E-state index in [1.807, 2.05) is 36.4 Å². The van der Waals surface area contributed by atoms with Gasteiger partial charge in [-0.3, -0.25) is 4.90 Å². The quantitative estimate of drug-likeness (QED) is 0.641. The van der Waals surface area contributed by atoms with Crippen LogP contribution in [0.15, 0.2) is 84.9 Å². The standard InChI is InChI=1S/C26H28N2O2/c1-20-12-14-23(15-13-20)24-17-28(16-21-8-4-2-5-9-21)18-25(24)27-26(29)30-19-22-10-6-3-7-11-22/h2-15,24-25H,16-19H2,1H3,(H,27,29)/t24-,25+/m0/s1. The monoisotopic (exact) mass is 400 g/mol. The second-order valence-corrected chi connectivity index (χ2v) is 8.01. The Morgan fingerprint density at radius 1 is 0.900 bits per heavy atom. The van der Waals surface area contributed by atoms with Crippen molar-refractivity contribution in [1.29, 1.82) is 0 Å². The lowest BCUT2D eigenvalue weighted by Gasteiger charge is -2.20. The van der Waals surface area contributed by atoms with Crippen molar-refractivity contribution in [3.63, 3.8) is 0 Å². The van der Waals surface area contributed by atoms with Crippen LogP contribution in [0.4, 0.5) is 4.79 Å². The molecule has 0 radical (unpaired) electrons. The third-order valence-corrected chi connectivity index (χ3v) is 5.67. The molecule has 1 amide bonds. The van der Waals surface area contributed by atoms with Crippen molar-refractivity contribution in [3.05, 3.63) is 107 Å². The number of amides is 1. The molecule has 1 aliphatic rings. The summed E-state index contributed by atoms with van der Waals surface area (Å²) in [4.78, 5) is 14.9. The maximum Gasteiger partial charge on any atom is 0.407 e. The van der Waals surface area contributed by atoms with Gasteiger partial charge in [0.1, 0.15) is 6.61 Å². The minimum absolute atomic E-state index is 0.0136. The minimum atomic E-state index is -0.359. The van der Waals surface area contributed by atoms with Crippen LogP contribution >= 0.6 is 0 Å². The smallest absolute Gasteiger partial charge is 0.407 e. The molecule has 4 rings (SSSR count). The van der Waals surface area contributed by atoms with Crippen LogP contribution in [0.1, 0.15) is 28.2 Å². The van der Waals surface area contributed by atoms with Gasteiger partial charge in [0.25, 0.3) is 0 Å². The van der Waals surface area contributed by atoms with Crippen LogP contribution < -0.4 is 5.32 Å². The highest BCUT2D eigenvalue weighted by atomic mass is 16.5. The number of carbonyl (C=O) groups excluding carboxylic acids is 1. The van der Waals surface area contributed by atoms with Gasteiger partial charge in [0, 0.05) is 25.6 Å². The molecule has 0 spiro atoms. The molecule has 1 aliphatic heterocycles. The van der Waals surface area contributed by atoms with E-state index in [1.54, 1.807) is 0 Å². The van der Waals surface area contributed by atoms with Crippen LogP contribution in [0, 0.1) is 6.92 Å². The molecule has 0 aliphatic carbocycles. The van der Waals surface area contributed by atoms with Crippen molar-refractivity contribution < 1.29 is 9.53 Å². The molecule has 4 nitrogen and oxygen atoms in total. The Hall–Kier alpha value is -3.11. The molecular formula is C26H28N2O2. The first-order valence-electron chi connectivity index (χ1n) is 10.5. The summed E-state index contributed by atoms with van der Waals surface area (Å²) in [6.45, 7) is 4.95. The van der Waals surface area contributed by atoms with E-state index in [9.17, 15) is 4.79 Å². The average molecular weight is 401 g/mol. The number of rotatable bonds is 6. The zero-order valence-electron chi connectivity index (χ0n) is 17.3. The Bertz CT molecular complexity index is 942. The summed E-state index contributed by atoms with van der Waals surface area (Å²) in [7, 11) is 0. The largest absolute Gasteiger partial charge is 0.445 e. The van der Waals surface area contributed by atoms with E-state index in [0.717, 1.165) is 25.2 Å². The van der Waals surface area contributed by atoms with E-state index in [4.69, 9.17) is 4.74 Å². The first-order valence-corrected chi connectivity index (χ1v) is 10.5. The lowest BCUT2D eigenvalue weighted by atomic mass is 9.94. The number of benzene rings is 3. The van der Waals surface area contributed by atoms with Gasteiger partial charge in [0.15, 0.2) is 0 Å². The van der Waals surface area contributed by atoms with Gasteiger partial charge >= 0.3 is 6.09 Å². The van der Waals surface area contributed by atoms with Crippen molar-refractivity contribution in [1.82, 2.24) is 10.2 Å². The predicted molar refractivity (Wildman–Crippen MR) is 119 cm³/mol. The Balaban J connectivity index is 1.43. The minimum Gasteiger partial charge on any atom is -0.445 e. The summed E-state index contributed by atoms with van der Waals surface area (Å²) in [5, 5.41) is 3.13. The number of likely N-dealkylation sites (tertiary alicyclic amines) is 1. The van der Waals surface area contributed by atoms with Crippen LogP contribution in [-0.2, 0) is 17.9 Å². The van der Waals surface area contributed by atoms with Gasteiger partial charge in [0.2, 0.25) is 0 Å². The maximum absolute atomic E-state index is 12.5. The maximum atomic E-state index is 12.5. The average Bonchev–Trinajstić information content (AvgIpc) is 3.16. The summed E-state index contributed by atoms with van der Waals surface area (Å²) in [5.74, 6) is 0.235. The molecule has 0 bridgehead atoms. The SMILES string of the molecule is Cc1ccc([C@@H]2CN(Cc3ccccc3)C[C@H]2NC(=O)OCc2ccccc2)cc1. The molecule has 1 saturated heterocycles. The van der Waals surface area contributed by atoms with Crippen molar-refractivity contribution in [2.45, 2.75) is 32.0 Å². The highest BCUT2D eigenvalue weighted by molar-refractivity contribution is 5.68. The third kappa shape index (κ3) is 5.28. The normalized spacial score (nSPS) is 18.8. The van der Waals surface area contributed by atoms with E-state index < -0.39 is 0 Å². The fraction of sp³-hybridized carbons (Fsp3) is 0.269. The van der Waals surface area contributed by atoms with Gasteiger partial charge in [-0.15, -0.1) is 0 Å². The van der Waals surface area contributed by atoms with Crippen LogP contribution in [0.3, 0.4) is 0 Å². The lowest BCUT2D eigenvalue weighted by molar-refractivity contribution is 0.135. The van der Waals surface area contributed by atoms with Gasteiger partial charge in [-0.1, -0.05) is 90.5 Å². The molecule has 4 heteroatoms. The molecule has 2 atom stereocenters. The Morgan fingerprint density at radius 3 is 2.20 bits per heavy atom. The summed E-state index contributed by atoms with van der Waals surface area (Å²) in [6, 6.07) is 28.9. The first kappa shape index (κ1) is 20.2. The molecule has 1 fully saturated rings. The first-order chi connectivity index (χ1) is 14.7. The Labute approximate surface area is 178 Å². The van der Waals surface area contributed by atoms with Crippen LogP contribution in [0.2, 0.25) is 0 Å². The van der Waals surface area contributed by atoms with E-state index in [-0.39, 0.29) is 24.7 Å². The number of ether oxygens (including phenoxy) is 1. The molecule has 3 aromatic carbocycles. The molecule has 1 N–H and O–H groups in total. The molecular weight excluding hydrogens is 372 g/mol. The van der Waals surface area contributed by atoms with Crippen LogP contribution in [0.25, 0.3) is 0 Å². The highest BCUT2D eigenvalue weighted by Gasteiger charge is 2.35. The third-order valence-electron chi connectivity index (χ3n) is 5.67. The molecule has 0 aromatic heterocycles. The lowest BCUT2D eigenvalue weighted by Crippen LogP contribution is -2.40. The van der Waals surface area contributed by atoms with E-state index in [1.165, 1.54) is 16.7 Å². The second-order valence-electron chi connectivity index (χ2n) is 8.01. The molecule has 154 valence electrons. The van der Waals surface area contributed by atoms with Crippen LogP contribution in [0.5, 0.6) is 0 Å². The van der Waals surface area contributed by atoms with Crippen molar-refractivity contribution >= 4 is 6.09 Å². The van der Waals surface area contributed by atoms with E-state index in [0.29, 0.717) is 0 Å². The molecule has 0 unspecified atom stereocenters. The number of alkyl carbamates (subject to hydrolysis) is 1. The number of hydrogen-bond acceptors (Lipinski definition) is 3. The summed E-state index contributed by atoms with van der Waals surface area (Å²) in [5.41, 5.74) is 4.77. The van der Waals surface area contributed by atoms with Gasteiger partial charge in [-0.2, -0.15) is 0 Å². The highest BCUT2D eigenvalue weighted by Crippen LogP contribution is 2.29.